The van der Waals surface area contributed by atoms with Crippen LogP contribution in [0.2, 0.25) is 0 Å². The lowest BCUT2D eigenvalue weighted by atomic mass is 9.93. The van der Waals surface area contributed by atoms with Crippen molar-refractivity contribution in [2.75, 3.05) is 34.4 Å². The summed E-state index contributed by atoms with van der Waals surface area (Å²) in [5.74, 6) is 2.45. The lowest BCUT2D eigenvalue weighted by Gasteiger charge is -2.22. The van der Waals surface area contributed by atoms with Gasteiger partial charge in [0.25, 0.3) is 16.7 Å². The number of Topliss-reactive ketones (excluding diaryl/α,β-unsaturated/α-hetero) is 1. The number of nitrogens with two attached hydrogens (primary N) is 6. The second kappa shape index (κ2) is 33.1. The molecule has 0 atom stereocenters. The first-order valence-electron chi connectivity index (χ1n) is 36.6. The molecule has 16 heterocycles. The van der Waals surface area contributed by atoms with Gasteiger partial charge in [-0.05, 0) is 147 Å². The van der Waals surface area contributed by atoms with Crippen LogP contribution in [0.5, 0.6) is 0 Å². The largest absolute Gasteiger partial charge is 0.398 e. The third kappa shape index (κ3) is 20.2. The minimum atomic E-state index is -0.368. The summed E-state index contributed by atoms with van der Waals surface area (Å²) < 4.78 is 15.9. The van der Waals surface area contributed by atoms with Crippen LogP contribution in [0, 0.1) is 6.92 Å². The smallest absolute Gasteiger partial charge is 0.282 e. The molecule has 1 aliphatic rings. The van der Waals surface area contributed by atoms with E-state index in [2.05, 4.69) is 234 Å². The lowest BCUT2D eigenvalue weighted by Crippen LogP contribution is -2.24. The van der Waals surface area contributed by atoms with Gasteiger partial charge < -0.3 is 48.5 Å². The van der Waals surface area contributed by atoms with Gasteiger partial charge in [0.05, 0.1) is 55.2 Å². The molecule has 34 nitrogen and oxygen atoms in total. The van der Waals surface area contributed by atoms with Crippen LogP contribution in [-0.4, -0.2) is 125 Å². The van der Waals surface area contributed by atoms with E-state index in [1.54, 1.807) is 70.1 Å². The summed E-state index contributed by atoms with van der Waals surface area (Å²) in [4.78, 5) is 96.0. The third-order valence-electron chi connectivity index (χ3n) is 17.0. The van der Waals surface area contributed by atoms with Gasteiger partial charge in [-0.15, -0.1) is 38.0 Å². The standard InChI is InChI=1S/C11H15N3.C11H14N2S.2C10H13N3OS.C10H13N3O.C9H12N4S.C8H12N6O.C8H12N6/c1-11(2,3)14-7-5-8-9(12)4-6-13-10(8)14;1-11(2,3)10-9-7(6-14-10)8(12)4-5-13-9;1-10(2,3)7-6-5(4-15-7)8(14)13-9(11)12-6;1-5-11-6-7(9(14)12-5)13-15-8(6)10(2,3)4;1-10(2,3)13-6-12-8-7(14)4-5-11-9(8)13;1-9(2,3)7-5-6(13-14-7)8(10)12-4-11-5;1-8(2,3)14-5-4(12-13-14)6(15)11-7(9)10-5;1-8(2,3)14-7-5(4-10-14)6(9)11-13-12-7/h4-7H,1-3H3,(H2,12,13);4-6H,12H2,1-3H3;4H,1-3H3,(H3,11,12,13,14);1-4H3,(H,11,12,14);5-6H,4H2,1-3H3;4H,1-3H3,(H2,10,11,12);1-3H3,(H3,9,10,11,15);4H,1-3H3,(H2,9,11,12). The summed E-state index contributed by atoms with van der Waals surface area (Å²) in [6.45, 7) is 51.9. The van der Waals surface area contributed by atoms with Crippen molar-refractivity contribution in [1.82, 2.24) is 113 Å². The minimum Gasteiger partial charge on any atom is -0.398 e. The Kier molecular flexibility index (Phi) is 25.2. The molecule has 0 unspecified atom stereocenters. The van der Waals surface area contributed by atoms with Crippen LogP contribution in [0.25, 0.3) is 77.1 Å². The van der Waals surface area contributed by atoms with Crippen molar-refractivity contribution in [1.29, 1.82) is 0 Å². The van der Waals surface area contributed by atoms with Crippen molar-refractivity contribution >= 4 is 176 Å². The number of aryl methyl sites for hydroxylation is 1. The molecule has 15 aromatic rings. The van der Waals surface area contributed by atoms with Gasteiger partial charge in [0.15, 0.2) is 51.3 Å². The molecule has 15 N–H and O–H groups in total. The molecule has 38 heteroatoms. The second-order valence-corrected chi connectivity index (χ2v) is 38.5. The molecule has 16 rings (SSSR count). The Hall–Kier alpha value is -11.5. The maximum Gasteiger partial charge on any atom is 0.282 e. The Morgan fingerprint density at radius 1 is 0.443 bits per heavy atom. The molecule has 0 fully saturated rings. The number of imidazole rings is 1. The van der Waals surface area contributed by atoms with Crippen LogP contribution >= 0.6 is 45.7 Å². The van der Waals surface area contributed by atoms with Gasteiger partial charge >= 0.3 is 0 Å². The van der Waals surface area contributed by atoms with Crippen molar-refractivity contribution in [3.63, 3.8) is 0 Å². The number of H-pyrrole nitrogens is 3. The Morgan fingerprint density at radius 2 is 0.991 bits per heavy atom. The van der Waals surface area contributed by atoms with Crippen LogP contribution in [-0.2, 0) is 43.8 Å². The number of thiophene rings is 2. The number of nitrogens with zero attached hydrogens (tertiary/aromatic N) is 21. The number of aliphatic imine (C=N–C) groups is 1. The molecule has 610 valence electrons. The van der Waals surface area contributed by atoms with Gasteiger partial charge in [0.2, 0.25) is 11.9 Å². The number of hydrogen-bond donors (Lipinski definition) is 9. The van der Waals surface area contributed by atoms with E-state index in [4.69, 9.17) is 34.4 Å². The minimum absolute atomic E-state index is 0.0142. The van der Waals surface area contributed by atoms with Crippen LogP contribution in [0.1, 0.15) is 208 Å². The van der Waals surface area contributed by atoms with Crippen molar-refractivity contribution in [2.45, 2.75) is 223 Å². The SMILES string of the molecule is CC(C)(C)c1scc2c(=O)[nH]c(N)nc12.CC(C)(C)c1scc2c(N)ccnc12.CC(C)(C)c1snc2c(N)ncnc12.CC(C)(C)n1ccc2c(N)ccnc21.CC(C)(C)n1cnc2c1N=CCC2=O.CC(C)(C)n1ncc2c(N)nnnc21.CC(C)(C)n1nnc2c(=O)[nH]c(N)nc21.Cc1nc2c(C(C)(C)C)snc2c(=O)[nH]1. The molecule has 0 spiro atoms. The third-order valence-corrected chi connectivity index (χ3v) is 22.3. The van der Waals surface area contributed by atoms with Gasteiger partial charge in [-0.2, -0.15) is 18.8 Å². The zero-order valence-electron chi connectivity index (χ0n) is 69.8. The Balaban J connectivity index is 0.000000150. The second-order valence-electron chi connectivity index (χ2n) is 35.2. The highest BCUT2D eigenvalue weighted by atomic mass is 32.1. The van der Waals surface area contributed by atoms with Crippen LogP contribution < -0.4 is 51.1 Å². The van der Waals surface area contributed by atoms with E-state index >= 15 is 0 Å². The number of nitrogens with one attached hydrogen (secondary N) is 3. The summed E-state index contributed by atoms with van der Waals surface area (Å²) in [7, 11) is 0. The summed E-state index contributed by atoms with van der Waals surface area (Å²) in [5, 5.41) is 30.5. The van der Waals surface area contributed by atoms with Gasteiger partial charge in [-0.1, -0.05) is 88.3 Å². The molecular weight excluding hydrogens is 1540 g/mol. The molecule has 115 heavy (non-hydrogen) atoms. The first-order chi connectivity index (χ1) is 53.2. The maximum absolute atomic E-state index is 11.6. The Bertz CT molecular complexity index is 5610. The quantitative estimate of drug-likeness (QED) is 0.0681. The number of ketones is 1. The first-order valence-corrected chi connectivity index (χ1v) is 39.9. The number of anilines is 6. The number of rotatable bonds is 0. The Morgan fingerprint density at radius 3 is 1.59 bits per heavy atom. The highest BCUT2D eigenvalue weighted by molar-refractivity contribution is 7.12. The summed E-state index contributed by atoms with van der Waals surface area (Å²) in [5.41, 5.74) is 42.1. The average Bonchev–Trinajstić information content (AvgIpc) is 1.71. The number of carbonyl (C=O) groups excluding carboxylic acids is 1. The molecule has 0 aromatic carbocycles. The molecule has 0 radical (unpaired) electrons. The monoisotopic (exact) mass is 1640 g/mol. The fourth-order valence-electron chi connectivity index (χ4n) is 11.3. The van der Waals surface area contributed by atoms with E-state index in [1.165, 1.54) is 34.3 Å². The molecule has 0 aliphatic carbocycles. The van der Waals surface area contributed by atoms with Crippen molar-refractivity contribution in [3.8, 4) is 0 Å². The fourth-order valence-corrected chi connectivity index (χ4v) is 15.3. The van der Waals surface area contributed by atoms with E-state index in [-0.39, 0.29) is 83.7 Å². The molecular formula is C77H104N30O4S4. The number of pyridine rings is 2. The summed E-state index contributed by atoms with van der Waals surface area (Å²) in [6.07, 6.45) is 12.4. The van der Waals surface area contributed by atoms with E-state index in [9.17, 15) is 19.2 Å². The van der Waals surface area contributed by atoms with E-state index in [1.807, 2.05) is 75.9 Å². The van der Waals surface area contributed by atoms with Gasteiger partial charge in [0.1, 0.15) is 34.3 Å². The van der Waals surface area contributed by atoms with Crippen molar-refractivity contribution in [3.05, 3.63) is 128 Å². The topological polar surface area (TPSA) is 510 Å². The normalized spacial score (nSPS) is 12.7. The zero-order chi connectivity index (χ0) is 85.4. The Labute approximate surface area is 680 Å². The molecule has 15 aromatic heterocycles. The molecule has 0 amide bonds. The molecule has 0 bridgehead atoms. The van der Waals surface area contributed by atoms with Crippen LogP contribution in [0.3, 0.4) is 0 Å². The number of fused-ring (bicyclic) bond motifs is 8. The van der Waals surface area contributed by atoms with Gasteiger partial charge in [0, 0.05) is 95.8 Å². The number of aromatic amines is 3. The molecule has 1 aliphatic heterocycles. The van der Waals surface area contributed by atoms with E-state index in [0.717, 1.165) is 75.4 Å². The van der Waals surface area contributed by atoms with E-state index in [0.29, 0.717) is 57.6 Å². The fraction of sp³-hybridized carbons (Fsp3) is 0.442. The van der Waals surface area contributed by atoms with Crippen LogP contribution in [0.15, 0.2) is 85.8 Å². The van der Waals surface area contributed by atoms with E-state index < -0.39 is 0 Å². The number of aromatic nitrogens is 23. The molecule has 0 saturated heterocycles. The summed E-state index contributed by atoms with van der Waals surface area (Å²) >= 11 is 6.11. The van der Waals surface area contributed by atoms with Crippen molar-refractivity contribution in [2.24, 2.45) is 4.99 Å². The highest BCUT2D eigenvalue weighted by Crippen LogP contribution is 2.39. The predicted molar refractivity (Wildman–Crippen MR) is 467 cm³/mol. The maximum atomic E-state index is 11.6. The predicted octanol–water partition coefficient (Wildman–Crippen LogP) is 13.7. The number of nitrogen functional groups attached to an aromatic ring is 6. The van der Waals surface area contributed by atoms with Gasteiger partial charge in [-0.25, -0.2) is 44.3 Å². The molecule has 0 saturated carbocycles. The van der Waals surface area contributed by atoms with Crippen molar-refractivity contribution < 1.29 is 4.79 Å². The number of hydrogen-bond acceptors (Lipinski definition) is 31. The lowest BCUT2D eigenvalue weighted by molar-refractivity contribution is 0.0996. The zero-order valence-corrected chi connectivity index (χ0v) is 73.0. The first kappa shape index (κ1) is 87.5. The highest BCUT2D eigenvalue weighted by Gasteiger charge is 2.29. The number of carbonyl (C=O) groups is 1. The van der Waals surface area contributed by atoms with Crippen LogP contribution in [0.4, 0.5) is 40.7 Å². The average molecular weight is 1640 g/mol. The summed E-state index contributed by atoms with van der Waals surface area (Å²) in [6, 6.07) is 5.69. The van der Waals surface area contributed by atoms with Gasteiger partial charge in [-0.3, -0.25) is 34.1 Å².